The van der Waals surface area contributed by atoms with Gasteiger partial charge in [-0.25, -0.2) is 14.8 Å². The molecule has 0 atom stereocenters. The number of nitrogens with two attached hydrogens (primary N) is 1. The molecule has 2 aromatic rings. The van der Waals surface area contributed by atoms with Gasteiger partial charge in [0.2, 0.25) is 5.56 Å². The SMILES string of the molecule is NS(=O)(=O)NCCC1CCN(c2ccnc3[nH]c(=O)ccc23)CC1. The van der Waals surface area contributed by atoms with E-state index < -0.39 is 10.2 Å². The summed E-state index contributed by atoms with van der Waals surface area (Å²) in [6, 6.07) is 5.28. The number of rotatable bonds is 5. The Morgan fingerprint density at radius 3 is 2.75 bits per heavy atom. The van der Waals surface area contributed by atoms with Crippen LogP contribution in [0.1, 0.15) is 19.3 Å². The molecule has 0 bridgehead atoms. The van der Waals surface area contributed by atoms with E-state index in [9.17, 15) is 13.2 Å². The Hall–Kier alpha value is -1.97. The third-order valence-corrected chi connectivity index (χ3v) is 5.03. The number of anilines is 1. The van der Waals surface area contributed by atoms with Crippen molar-refractivity contribution in [2.75, 3.05) is 24.5 Å². The number of piperidine rings is 1. The molecule has 0 spiro atoms. The van der Waals surface area contributed by atoms with Crippen LogP contribution in [0.3, 0.4) is 0 Å². The Morgan fingerprint density at radius 2 is 2.04 bits per heavy atom. The first-order chi connectivity index (χ1) is 11.4. The van der Waals surface area contributed by atoms with Gasteiger partial charge in [-0.1, -0.05) is 0 Å². The number of aromatic amines is 1. The van der Waals surface area contributed by atoms with E-state index in [1.54, 1.807) is 12.3 Å². The Bertz CT molecular complexity index is 872. The van der Waals surface area contributed by atoms with Crippen LogP contribution in [0.5, 0.6) is 0 Å². The van der Waals surface area contributed by atoms with E-state index in [-0.39, 0.29) is 5.56 Å². The molecule has 130 valence electrons. The molecule has 1 saturated heterocycles. The molecular weight excluding hydrogens is 330 g/mol. The Morgan fingerprint density at radius 1 is 1.29 bits per heavy atom. The molecule has 0 amide bonds. The second kappa shape index (κ2) is 6.88. The van der Waals surface area contributed by atoms with E-state index in [1.165, 1.54) is 6.07 Å². The van der Waals surface area contributed by atoms with E-state index in [0.717, 1.165) is 43.4 Å². The minimum Gasteiger partial charge on any atom is -0.371 e. The van der Waals surface area contributed by atoms with E-state index in [1.807, 2.05) is 6.07 Å². The van der Waals surface area contributed by atoms with Crippen molar-refractivity contribution in [3.8, 4) is 0 Å². The molecule has 1 fully saturated rings. The van der Waals surface area contributed by atoms with E-state index in [4.69, 9.17) is 5.14 Å². The van der Waals surface area contributed by atoms with Gasteiger partial charge in [-0.05, 0) is 37.3 Å². The molecule has 0 aromatic carbocycles. The van der Waals surface area contributed by atoms with Crippen molar-refractivity contribution in [1.82, 2.24) is 14.7 Å². The minimum atomic E-state index is -3.60. The normalized spacial score (nSPS) is 16.6. The number of nitrogens with one attached hydrogen (secondary N) is 2. The second-order valence-electron chi connectivity index (χ2n) is 6.07. The van der Waals surface area contributed by atoms with Crippen LogP contribution in [-0.4, -0.2) is 38.0 Å². The number of hydrogen-bond donors (Lipinski definition) is 3. The average molecular weight is 351 g/mol. The van der Waals surface area contributed by atoms with E-state index >= 15 is 0 Å². The highest BCUT2D eigenvalue weighted by atomic mass is 32.2. The van der Waals surface area contributed by atoms with E-state index in [0.29, 0.717) is 18.1 Å². The molecule has 3 heterocycles. The molecule has 9 heteroatoms. The van der Waals surface area contributed by atoms with Gasteiger partial charge >= 0.3 is 0 Å². The van der Waals surface area contributed by atoms with Gasteiger partial charge in [0.15, 0.2) is 0 Å². The summed E-state index contributed by atoms with van der Waals surface area (Å²) in [4.78, 5) is 20.7. The summed E-state index contributed by atoms with van der Waals surface area (Å²) in [6.07, 6.45) is 4.46. The van der Waals surface area contributed by atoms with Crippen LogP contribution in [0, 0.1) is 5.92 Å². The maximum absolute atomic E-state index is 11.4. The zero-order valence-corrected chi connectivity index (χ0v) is 14.1. The molecule has 0 unspecified atom stereocenters. The van der Waals surface area contributed by atoms with Crippen molar-refractivity contribution in [2.45, 2.75) is 19.3 Å². The molecule has 2 aromatic heterocycles. The molecule has 3 rings (SSSR count). The zero-order valence-electron chi connectivity index (χ0n) is 13.2. The molecule has 0 saturated carbocycles. The quantitative estimate of drug-likeness (QED) is 0.716. The first-order valence-electron chi connectivity index (χ1n) is 7.93. The lowest BCUT2D eigenvalue weighted by Gasteiger charge is -2.34. The number of fused-ring (bicyclic) bond motifs is 1. The van der Waals surface area contributed by atoms with Gasteiger partial charge in [0, 0.05) is 43.0 Å². The summed E-state index contributed by atoms with van der Waals surface area (Å²) in [5.41, 5.74) is 1.50. The van der Waals surface area contributed by atoms with Gasteiger partial charge in [-0.15, -0.1) is 0 Å². The van der Waals surface area contributed by atoms with Crippen LogP contribution in [0.2, 0.25) is 0 Å². The van der Waals surface area contributed by atoms with Crippen LogP contribution < -0.4 is 20.3 Å². The third kappa shape index (κ3) is 4.11. The summed E-state index contributed by atoms with van der Waals surface area (Å²) in [5, 5.41) is 5.87. The lowest BCUT2D eigenvalue weighted by molar-refractivity contribution is 0.382. The van der Waals surface area contributed by atoms with Crippen LogP contribution in [0.25, 0.3) is 11.0 Å². The summed E-state index contributed by atoms with van der Waals surface area (Å²) in [5.74, 6) is 0.475. The monoisotopic (exact) mass is 351 g/mol. The largest absolute Gasteiger partial charge is 0.371 e. The fraction of sp³-hybridized carbons (Fsp3) is 0.467. The molecule has 1 aliphatic heterocycles. The number of hydrogen-bond acceptors (Lipinski definition) is 5. The van der Waals surface area contributed by atoms with Gasteiger partial charge in [-0.3, -0.25) is 4.79 Å². The van der Waals surface area contributed by atoms with Gasteiger partial charge in [0.25, 0.3) is 10.2 Å². The molecule has 24 heavy (non-hydrogen) atoms. The predicted octanol–water partition coefficient (Wildman–Crippen LogP) is 0.323. The standard InChI is InChI=1S/C15H21N5O3S/c16-24(22,23)18-8-3-11-5-9-20(10-6-11)13-4-7-17-15-12(13)1-2-14(21)19-15/h1-2,4,7,11,18H,3,5-6,8-10H2,(H2,16,22,23)(H,17,19,21). The number of H-pyrrole nitrogens is 1. The highest BCUT2D eigenvalue weighted by Crippen LogP contribution is 2.29. The van der Waals surface area contributed by atoms with Crippen LogP contribution in [0.4, 0.5) is 5.69 Å². The number of aromatic nitrogens is 2. The van der Waals surface area contributed by atoms with Crippen molar-refractivity contribution >= 4 is 26.9 Å². The first kappa shape index (κ1) is 16.9. The maximum atomic E-state index is 11.4. The highest BCUT2D eigenvalue weighted by molar-refractivity contribution is 7.87. The number of nitrogens with zero attached hydrogens (tertiary/aromatic N) is 2. The highest BCUT2D eigenvalue weighted by Gasteiger charge is 2.21. The van der Waals surface area contributed by atoms with Crippen LogP contribution in [0.15, 0.2) is 29.2 Å². The number of pyridine rings is 2. The first-order valence-corrected chi connectivity index (χ1v) is 9.47. The lowest BCUT2D eigenvalue weighted by Crippen LogP contribution is -2.36. The van der Waals surface area contributed by atoms with Gasteiger partial charge in [-0.2, -0.15) is 8.42 Å². The van der Waals surface area contributed by atoms with Gasteiger partial charge in [0.05, 0.1) is 0 Å². The fourth-order valence-corrected chi connectivity index (χ4v) is 3.59. The smallest absolute Gasteiger partial charge is 0.274 e. The van der Waals surface area contributed by atoms with E-state index in [2.05, 4.69) is 19.6 Å². The predicted molar refractivity (Wildman–Crippen MR) is 93.0 cm³/mol. The maximum Gasteiger partial charge on any atom is 0.274 e. The van der Waals surface area contributed by atoms with Crippen molar-refractivity contribution in [1.29, 1.82) is 0 Å². The summed E-state index contributed by atoms with van der Waals surface area (Å²) >= 11 is 0. The molecule has 0 aliphatic carbocycles. The summed E-state index contributed by atoms with van der Waals surface area (Å²) in [6.45, 7) is 2.15. The topological polar surface area (TPSA) is 121 Å². The minimum absolute atomic E-state index is 0.159. The molecule has 1 aliphatic rings. The Labute approximate surface area is 140 Å². The molecular formula is C15H21N5O3S. The van der Waals surface area contributed by atoms with Crippen LogP contribution >= 0.6 is 0 Å². The Kier molecular flexibility index (Phi) is 4.83. The molecule has 4 N–H and O–H groups in total. The average Bonchev–Trinajstić information content (AvgIpc) is 2.53. The van der Waals surface area contributed by atoms with Gasteiger partial charge in [0.1, 0.15) is 5.65 Å². The van der Waals surface area contributed by atoms with Crippen molar-refractivity contribution in [2.24, 2.45) is 11.1 Å². The van der Waals surface area contributed by atoms with Crippen molar-refractivity contribution < 1.29 is 8.42 Å². The van der Waals surface area contributed by atoms with Crippen molar-refractivity contribution in [3.63, 3.8) is 0 Å². The molecule has 8 nitrogen and oxygen atoms in total. The van der Waals surface area contributed by atoms with Crippen molar-refractivity contribution in [3.05, 3.63) is 34.7 Å². The lowest BCUT2D eigenvalue weighted by atomic mass is 9.93. The fourth-order valence-electron chi connectivity index (χ4n) is 3.19. The Balaban J connectivity index is 1.64. The molecule has 0 radical (unpaired) electrons. The summed E-state index contributed by atoms with van der Waals surface area (Å²) < 4.78 is 24.1. The zero-order chi connectivity index (χ0) is 17.2. The second-order valence-corrected chi connectivity index (χ2v) is 7.45. The van der Waals surface area contributed by atoms with Gasteiger partial charge < -0.3 is 9.88 Å². The van der Waals surface area contributed by atoms with Crippen LogP contribution in [-0.2, 0) is 10.2 Å². The summed E-state index contributed by atoms with van der Waals surface area (Å²) in [7, 11) is -3.60. The third-order valence-electron chi connectivity index (χ3n) is 4.42.